The Balaban J connectivity index is 2.28. The summed E-state index contributed by atoms with van der Waals surface area (Å²) in [5.74, 6) is -0.888. The van der Waals surface area contributed by atoms with Crippen LogP contribution in [0.5, 0.6) is 11.6 Å². The highest BCUT2D eigenvalue weighted by molar-refractivity contribution is 5.94. The third kappa shape index (κ3) is 2.50. The molecule has 0 amide bonds. The number of benzene rings is 2. The fraction of sp³-hybridized carbons (Fsp3) is 0. The number of nitro benzene ring substituents is 1. The molecule has 0 unspecified atom stereocenters. The minimum atomic E-state index is -0.775. The van der Waals surface area contributed by atoms with Crippen LogP contribution in [0, 0.1) is 10.1 Å². The van der Waals surface area contributed by atoms with E-state index in [4.69, 9.17) is 0 Å². The molecule has 0 atom stereocenters. The molecule has 4 N–H and O–H groups in total. The van der Waals surface area contributed by atoms with Gasteiger partial charge in [0.2, 0.25) is 0 Å². The van der Waals surface area contributed by atoms with Crippen LogP contribution in [-0.4, -0.2) is 20.2 Å². The number of anilines is 1. The molecule has 0 saturated heterocycles. The van der Waals surface area contributed by atoms with Crippen LogP contribution < -0.4 is 10.6 Å². The van der Waals surface area contributed by atoms with E-state index in [1.807, 2.05) is 5.48 Å². The van der Waals surface area contributed by atoms with Crippen LogP contribution in [0.15, 0.2) is 48.5 Å². The van der Waals surface area contributed by atoms with Gasteiger partial charge in [0.1, 0.15) is 5.82 Å². The zero-order chi connectivity index (χ0) is 17.3. The van der Waals surface area contributed by atoms with Crippen molar-refractivity contribution in [2.75, 3.05) is 5.48 Å². The highest BCUT2D eigenvalue weighted by Crippen LogP contribution is 2.45. The van der Waals surface area contributed by atoms with Gasteiger partial charge in [-0.2, -0.15) is 0 Å². The molecule has 122 valence electrons. The molecular weight excluding hydrogens is 314 g/mol. The molecule has 3 aromatic rings. The van der Waals surface area contributed by atoms with E-state index in [1.165, 1.54) is 6.07 Å². The first-order valence-corrected chi connectivity index (χ1v) is 6.89. The molecule has 0 aliphatic rings. The fourth-order valence-corrected chi connectivity index (χ4v) is 2.56. The fourth-order valence-electron chi connectivity index (χ4n) is 2.56. The van der Waals surface area contributed by atoms with Gasteiger partial charge in [-0.15, -0.1) is 0 Å². The maximum Gasteiger partial charge on any atom is 0.262 e. The average molecular weight is 326 g/mol. The van der Waals surface area contributed by atoms with Crippen molar-refractivity contribution in [3.63, 3.8) is 0 Å². The van der Waals surface area contributed by atoms with Crippen LogP contribution in [0.1, 0.15) is 0 Å². The normalized spacial score (nSPS) is 10.5. The third-order valence-corrected chi connectivity index (χ3v) is 3.60. The lowest BCUT2D eigenvalue weighted by molar-refractivity contribution is -0.398. The summed E-state index contributed by atoms with van der Waals surface area (Å²) in [6, 6.07) is 12.4. The molecule has 2 aromatic carbocycles. The Hall–Kier alpha value is -3.52. The summed E-state index contributed by atoms with van der Waals surface area (Å²) in [7, 11) is 0. The van der Waals surface area contributed by atoms with Crippen molar-refractivity contribution >= 4 is 11.5 Å². The second kappa shape index (κ2) is 5.94. The number of aromatic nitrogens is 1. The Labute approximate surface area is 135 Å². The van der Waals surface area contributed by atoms with Gasteiger partial charge < -0.3 is 15.2 Å². The second-order valence-electron chi connectivity index (χ2n) is 5.02. The molecule has 0 aliphatic carbocycles. The van der Waals surface area contributed by atoms with Crippen molar-refractivity contribution in [1.82, 2.24) is 4.98 Å². The maximum absolute atomic E-state index is 11.6. The topological polar surface area (TPSA) is 134 Å². The molecule has 1 heterocycles. The second-order valence-corrected chi connectivity index (χ2v) is 5.02. The highest BCUT2D eigenvalue weighted by atomic mass is 16.6. The molecule has 8 heteroatoms. The molecule has 3 rings (SSSR count). The monoisotopic (exact) mass is 326 g/mol. The van der Waals surface area contributed by atoms with Crippen molar-refractivity contribution in [3.8, 4) is 33.9 Å². The van der Waals surface area contributed by atoms with Crippen molar-refractivity contribution in [2.24, 2.45) is 0 Å². The standard InChI is InChI=1S/C16H13N3O5/c20-12-7-6-10(8-11(12)19(23)24)14-13(9-4-2-1-3-5-9)15(18-22)17-16(14)21/h1-8,17-18,20-22H/p-1. The van der Waals surface area contributed by atoms with Crippen molar-refractivity contribution < 1.29 is 20.3 Å². The van der Waals surface area contributed by atoms with E-state index < -0.39 is 16.4 Å². The van der Waals surface area contributed by atoms with Gasteiger partial charge in [0, 0.05) is 11.6 Å². The Morgan fingerprint density at radius 3 is 2.38 bits per heavy atom. The van der Waals surface area contributed by atoms with Crippen LogP contribution in [0.25, 0.3) is 22.3 Å². The Bertz CT molecular complexity index is 906. The van der Waals surface area contributed by atoms with Crippen LogP contribution >= 0.6 is 0 Å². The van der Waals surface area contributed by atoms with E-state index in [2.05, 4.69) is 4.98 Å². The summed E-state index contributed by atoms with van der Waals surface area (Å²) in [6.07, 6.45) is 0. The van der Waals surface area contributed by atoms with E-state index in [9.17, 15) is 25.5 Å². The number of nitro groups is 1. The summed E-state index contributed by atoms with van der Waals surface area (Å²) < 4.78 is 0. The summed E-state index contributed by atoms with van der Waals surface area (Å²) >= 11 is 0. The first-order chi connectivity index (χ1) is 11.5. The molecule has 0 aliphatic heterocycles. The Kier molecular flexibility index (Phi) is 3.80. The summed E-state index contributed by atoms with van der Waals surface area (Å²) in [6.45, 7) is 0. The zero-order valence-corrected chi connectivity index (χ0v) is 12.2. The largest absolute Gasteiger partial charge is 0.868 e. The number of rotatable bonds is 4. The smallest absolute Gasteiger partial charge is 0.262 e. The van der Waals surface area contributed by atoms with Gasteiger partial charge in [-0.05, 0) is 16.9 Å². The maximum atomic E-state index is 11.6. The van der Waals surface area contributed by atoms with Crippen molar-refractivity contribution in [3.05, 3.63) is 58.6 Å². The van der Waals surface area contributed by atoms with Gasteiger partial charge in [-0.1, -0.05) is 42.5 Å². The minimum absolute atomic E-state index is 0.127. The van der Waals surface area contributed by atoms with E-state index in [1.54, 1.807) is 30.3 Å². The summed E-state index contributed by atoms with van der Waals surface area (Å²) in [4.78, 5) is 12.8. The lowest BCUT2D eigenvalue weighted by Gasteiger charge is -2.10. The Morgan fingerprint density at radius 2 is 1.75 bits per heavy atom. The predicted octanol–water partition coefficient (Wildman–Crippen LogP) is 2.84. The van der Waals surface area contributed by atoms with Gasteiger partial charge in [-0.25, -0.2) is 0 Å². The number of aromatic hydroxyl groups is 1. The number of hydrogen-bond donors (Lipinski definition) is 4. The first-order valence-electron chi connectivity index (χ1n) is 6.89. The number of hydrogen-bond acceptors (Lipinski definition) is 6. The van der Waals surface area contributed by atoms with E-state index in [0.29, 0.717) is 11.1 Å². The van der Waals surface area contributed by atoms with Gasteiger partial charge in [0.15, 0.2) is 5.88 Å². The summed E-state index contributed by atoms with van der Waals surface area (Å²) in [5, 5.41) is 42.1. The molecule has 0 spiro atoms. The van der Waals surface area contributed by atoms with Crippen LogP contribution in [0.4, 0.5) is 11.5 Å². The van der Waals surface area contributed by atoms with Gasteiger partial charge in [-0.3, -0.25) is 20.8 Å². The summed E-state index contributed by atoms with van der Waals surface area (Å²) in [5.41, 5.74) is 2.96. The molecule has 0 saturated carbocycles. The van der Waals surface area contributed by atoms with Crippen molar-refractivity contribution in [2.45, 2.75) is 0 Å². The Morgan fingerprint density at radius 1 is 1.04 bits per heavy atom. The predicted molar refractivity (Wildman–Crippen MR) is 84.8 cm³/mol. The van der Waals surface area contributed by atoms with E-state index in [-0.39, 0.29) is 22.8 Å². The molecule has 8 nitrogen and oxygen atoms in total. The lowest BCUT2D eigenvalue weighted by Crippen LogP contribution is -1.98. The first kappa shape index (κ1) is 15.4. The molecule has 24 heavy (non-hydrogen) atoms. The highest BCUT2D eigenvalue weighted by Gasteiger charge is 2.21. The number of nitrogens with zero attached hydrogens (tertiary/aromatic N) is 1. The molecule has 0 radical (unpaired) electrons. The number of aromatic amines is 1. The number of H-pyrrole nitrogens is 1. The quantitative estimate of drug-likeness (QED) is 0.430. The van der Waals surface area contributed by atoms with Crippen molar-refractivity contribution in [1.29, 1.82) is 0 Å². The van der Waals surface area contributed by atoms with Gasteiger partial charge in [0.25, 0.3) is 5.69 Å². The van der Waals surface area contributed by atoms with Crippen LogP contribution in [-0.2, 0) is 0 Å². The third-order valence-electron chi connectivity index (χ3n) is 3.60. The lowest BCUT2D eigenvalue weighted by atomic mass is 9.97. The van der Waals surface area contributed by atoms with Crippen LogP contribution in [0.3, 0.4) is 0 Å². The van der Waals surface area contributed by atoms with Crippen LogP contribution in [0.2, 0.25) is 0 Å². The van der Waals surface area contributed by atoms with E-state index in [0.717, 1.165) is 12.1 Å². The zero-order valence-electron chi connectivity index (χ0n) is 12.2. The van der Waals surface area contributed by atoms with Gasteiger partial charge in [0.05, 0.1) is 10.5 Å². The molecule has 0 fully saturated rings. The minimum Gasteiger partial charge on any atom is -0.868 e. The number of nitrogens with one attached hydrogen (secondary N) is 2. The molecule has 1 aromatic heterocycles. The SMILES string of the molecule is O=[N+]([O-])c1cc(-c2c(O)[nH]c(NO)c2-c2ccccc2)ccc1[O-]. The van der Waals surface area contributed by atoms with E-state index >= 15 is 0 Å². The molecular formula is C16H12N3O5-. The molecule has 0 bridgehead atoms. The average Bonchev–Trinajstić information content (AvgIpc) is 2.92. The van der Waals surface area contributed by atoms with Gasteiger partial charge >= 0.3 is 0 Å².